The molecule has 0 amide bonds. The number of aliphatic carboxylic acids is 1. The molecule has 2 N–H and O–H groups in total. The van der Waals surface area contributed by atoms with Gasteiger partial charge < -0.3 is 10.2 Å². The van der Waals surface area contributed by atoms with Crippen LogP contribution in [0.25, 0.3) is 16.8 Å². The molecule has 0 saturated carbocycles. The lowest BCUT2D eigenvalue weighted by Gasteiger charge is -2.15. The van der Waals surface area contributed by atoms with Crippen LogP contribution in [0.3, 0.4) is 0 Å². The van der Waals surface area contributed by atoms with Crippen molar-refractivity contribution in [2.24, 2.45) is 0 Å². The number of carboxylic acids is 1. The zero-order valence-corrected chi connectivity index (χ0v) is 11.8. The second-order valence-corrected chi connectivity index (χ2v) is 5.23. The first kappa shape index (κ1) is 14.1. The van der Waals surface area contributed by atoms with Crippen LogP contribution >= 0.6 is 0 Å². The van der Waals surface area contributed by atoms with E-state index in [1.807, 2.05) is 45.0 Å². The molecular formula is C17H18O3. The number of fused-ring (bicyclic) bond motifs is 1. The monoisotopic (exact) mass is 270 g/mol. The van der Waals surface area contributed by atoms with E-state index in [4.69, 9.17) is 5.11 Å². The number of hydrogen-bond donors (Lipinski definition) is 2. The molecule has 0 aliphatic heterocycles. The Bertz CT molecular complexity index is 697. The first-order chi connectivity index (χ1) is 9.41. The largest absolute Gasteiger partial charge is 0.507 e. The van der Waals surface area contributed by atoms with E-state index in [1.165, 1.54) is 0 Å². The summed E-state index contributed by atoms with van der Waals surface area (Å²) in [5.74, 6) is -0.526. The van der Waals surface area contributed by atoms with Gasteiger partial charge in [0.2, 0.25) is 0 Å². The van der Waals surface area contributed by atoms with Crippen molar-refractivity contribution in [1.29, 1.82) is 0 Å². The molecule has 0 aliphatic carbocycles. The minimum absolute atomic E-state index is 0.163. The van der Waals surface area contributed by atoms with Gasteiger partial charge in [-0.2, -0.15) is 0 Å². The molecule has 0 bridgehead atoms. The third-order valence-electron chi connectivity index (χ3n) is 3.43. The highest BCUT2D eigenvalue weighted by molar-refractivity contribution is 5.99. The summed E-state index contributed by atoms with van der Waals surface area (Å²) < 4.78 is 0. The Kier molecular flexibility index (Phi) is 3.79. The van der Waals surface area contributed by atoms with Crippen LogP contribution in [0.2, 0.25) is 0 Å². The molecule has 3 heteroatoms. The Labute approximate surface area is 118 Å². The van der Waals surface area contributed by atoms with Crippen molar-refractivity contribution in [3.05, 3.63) is 47.0 Å². The van der Waals surface area contributed by atoms with E-state index in [1.54, 1.807) is 6.08 Å². The first-order valence-corrected chi connectivity index (χ1v) is 6.58. The Morgan fingerprint density at radius 1 is 1.30 bits per heavy atom. The second-order valence-electron chi connectivity index (χ2n) is 5.23. The zero-order valence-electron chi connectivity index (χ0n) is 11.8. The molecule has 2 aromatic rings. The average molecular weight is 270 g/mol. The maximum absolute atomic E-state index is 10.7. The summed E-state index contributed by atoms with van der Waals surface area (Å²) in [7, 11) is 0. The lowest BCUT2D eigenvalue weighted by atomic mass is 9.91. The molecule has 0 heterocycles. The summed E-state index contributed by atoms with van der Waals surface area (Å²) in [6, 6.07) is 7.61. The summed E-state index contributed by atoms with van der Waals surface area (Å²) in [5, 5.41) is 20.9. The zero-order chi connectivity index (χ0) is 14.9. The molecule has 104 valence electrons. The fourth-order valence-corrected chi connectivity index (χ4v) is 2.42. The van der Waals surface area contributed by atoms with Crippen molar-refractivity contribution < 1.29 is 15.0 Å². The molecule has 2 aromatic carbocycles. The highest BCUT2D eigenvalue weighted by Crippen LogP contribution is 2.37. The quantitative estimate of drug-likeness (QED) is 0.826. The van der Waals surface area contributed by atoms with E-state index in [0.717, 1.165) is 33.5 Å². The number of phenolic OH excluding ortho intramolecular Hbond substituents is 1. The van der Waals surface area contributed by atoms with Gasteiger partial charge in [0.25, 0.3) is 0 Å². The molecule has 0 aliphatic rings. The molecular weight excluding hydrogens is 252 g/mol. The summed E-state index contributed by atoms with van der Waals surface area (Å²) in [6.07, 6.45) is 2.70. The summed E-state index contributed by atoms with van der Waals surface area (Å²) in [4.78, 5) is 10.7. The Morgan fingerprint density at radius 2 is 2.00 bits per heavy atom. The second kappa shape index (κ2) is 5.37. The van der Waals surface area contributed by atoms with Crippen LogP contribution < -0.4 is 0 Å². The van der Waals surface area contributed by atoms with Crippen molar-refractivity contribution >= 4 is 22.8 Å². The predicted octanol–water partition coefficient (Wildman–Crippen LogP) is 4.08. The minimum atomic E-state index is -0.982. The first-order valence-electron chi connectivity index (χ1n) is 6.58. The maximum Gasteiger partial charge on any atom is 0.328 e. The van der Waals surface area contributed by atoms with Gasteiger partial charge in [-0.05, 0) is 47.1 Å². The van der Waals surface area contributed by atoms with E-state index in [2.05, 4.69) is 0 Å². The van der Waals surface area contributed by atoms with E-state index in [0.29, 0.717) is 5.75 Å². The Morgan fingerprint density at radius 3 is 2.60 bits per heavy atom. The van der Waals surface area contributed by atoms with Crippen LogP contribution in [0.4, 0.5) is 0 Å². The molecule has 2 rings (SSSR count). The third-order valence-corrected chi connectivity index (χ3v) is 3.43. The van der Waals surface area contributed by atoms with Gasteiger partial charge in [0, 0.05) is 11.5 Å². The van der Waals surface area contributed by atoms with Gasteiger partial charge >= 0.3 is 5.97 Å². The Hall–Kier alpha value is -2.29. The summed E-state index contributed by atoms with van der Waals surface area (Å²) in [6.45, 7) is 5.95. The standard InChI is InChI=1S/C17H18O3/c1-10(2)14-9-12(7-8-15(18)19)13-6-4-5-11(3)16(13)17(14)20/h4-10,20H,1-3H3,(H,18,19)/b8-7+. The Balaban J connectivity index is 2.83. The number of rotatable bonds is 3. The molecule has 0 aromatic heterocycles. The fourth-order valence-electron chi connectivity index (χ4n) is 2.42. The molecule has 0 atom stereocenters. The van der Waals surface area contributed by atoms with Crippen LogP contribution in [-0.2, 0) is 4.79 Å². The average Bonchev–Trinajstić information content (AvgIpc) is 2.37. The number of benzene rings is 2. The van der Waals surface area contributed by atoms with Gasteiger partial charge in [0.15, 0.2) is 0 Å². The number of aromatic hydroxyl groups is 1. The topological polar surface area (TPSA) is 57.5 Å². The summed E-state index contributed by atoms with van der Waals surface area (Å²) >= 11 is 0. The normalized spacial score (nSPS) is 11.6. The van der Waals surface area contributed by atoms with Crippen LogP contribution in [0.15, 0.2) is 30.3 Å². The lowest BCUT2D eigenvalue weighted by Crippen LogP contribution is -1.94. The number of carbonyl (C=O) groups is 1. The van der Waals surface area contributed by atoms with Crippen LogP contribution in [0.5, 0.6) is 5.75 Å². The third kappa shape index (κ3) is 2.52. The van der Waals surface area contributed by atoms with Gasteiger partial charge in [-0.15, -0.1) is 0 Å². The number of aryl methyl sites for hydroxylation is 1. The minimum Gasteiger partial charge on any atom is -0.507 e. The smallest absolute Gasteiger partial charge is 0.328 e. The van der Waals surface area contributed by atoms with Gasteiger partial charge in [0.1, 0.15) is 5.75 Å². The lowest BCUT2D eigenvalue weighted by molar-refractivity contribution is -0.131. The molecule has 0 fully saturated rings. The predicted molar refractivity (Wildman–Crippen MR) is 81.1 cm³/mol. The molecule has 0 radical (unpaired) electrons. The van der Waals surface area contributed by atoms with Crippen LogP contribution in [0.1, 0.15) is 36.5 Å². The van der Waals surface area contributed by atoms with E-state index < -0.39 is 5.97 Å². The van der Waals surface area contributed by atoms with Crippen molar-refractivity contribution in [3.8, 4) is 5.75 Å². The summed E-state index contributed by atoms with van der Waals surface area (Å²) in [5.41, 5.74) is 2.62. The maximum atomic E-state index is 10.7. The van der Waals surface area contributed by atoms with Gasteiger partial charge in [-0.1, -0.05) is 32.0 Å². The van der Waals surface area contributed by atoms with Crippen LogP contribution in [0, 0.1) is 6.92 Å². The SMILES string of the molecule is Cc1cccc2c(/C=C/C(=O)O)cc(C(C)C)c(O)c12. The molecule has 0 spiro atoms. The number of carboxylic acid groups (broad SMARTS) is 1. The van der Waals surface area contributed by atoms with Crippen molar-refractivity contribution in [3.63, 3.8) is 0 Å². The molecule has 0 saturated heterocycles. The van der Waals surface area contributed by atoms with Gasteiger partial charge in [-0.3, -0.25) is 0 Å². The molecule has 3 nitrogen and oxygen atoms in total. The highest BCUT2D eigenvalue weighted by Gasteiger charge is 2.14. The van der Waals surface area contributed by atoms with Crippen LogP contribution in [-0.4, -0.2) is 16.2 Å². The molecule has 0 unspecified atom stereocenters. The van der Waals surface area contributed by atoms with Crippen molar-refractivity contribution in [1.82, 2.24) is 0 Å². The van der Waals surface area contributed by atoms with Gasteiger partial charge in [0.05, 0.1) is 0 Å². The van der Waals surface area contributed by atoms with Crippen molar-refractivity contribution in [2.75, 3.05) is 0 Å². The van der Waals surface area contributed by atoms with E-state index in [-0.39, 0.29) is 5.92 Å². The highest BCUT2D eigenvalue weighted by atomic mass is 16.4. The number of phenols is 1. The number of hydrogen-bond acceptors (Lipinski definition) is 2. The van der Waals surface area contributed by atoms with Gasteiger partial charge in [-0.25, -0.2) is 4.79 Å². The van der Waals surface area contributed by atoms with E-state index >= 15 is 0 Å². The van der Waals surface area contributed by atoms with E-state index in [9.17, 15) is 9.90 Å². The molecule has 20 heavy (non-hydrogen) atoms. The van der Waals surface area contributed by atoms with Crippen molar-refractivity contribution in [2.45, 2.75) is 26.7 Å². The fraction of sp³-hybridized carbons (Fsp3) is 0.235.